The minimum Gasteiger partial charge on any atom is -0.478 e. The Morgan fingerprint density at radius 1 is 1.15 bits per heavy atom. The first kappa shape index (κ1) is 30.9. The highest BCUT2D eigenvalue weighted by molar-refractivity contribution is 9.10. The van der Waals surface area contributed by atoms with Gasteiger partial charge in [-0.25, -0.2) is 14.6 Å². The number of anilines is 3. The summed E-state index contributed by atoms with van der Waals surface area (Å²) < 4.78 is 11.2. The number of ether oxygens (including phenoxy) is 2. The molecule has 41 heavy (non-hydrogen) atoms. The van der Waals surface area contributed by atoms with E-state index in [0.29, 0.717) is 15.7 Å². The van der Waals surface area contributed by atoms with E-state index in [1.807, 2.05) is 30.3 Å². The number of alkyl carbamates (subject to hydrolysis) is 1. The van der Waals surface area contributed by atoms with Crippen LogP contribution in [-0.2, 0) is 16.0 Å². The average molecular weight is 624 g/mol. The summed E-state index contributed by atoms with van der Waals surface area (Å²) in [5.41, 5.74) is 0.960. The van der Waals surface area contributed by atoms with Gasteiger partial charge in [0.15, 0.2) is 6.61 Å². The molecule has 12 heteroatoms. The predicted octanol–water partition coefficient (Wildman–Crippen LogP) is 5.08. The van der Waals surface area contributed by atoms with Gasteiger partial charge in [-0.15, -0.1) is 6.42 Å². The number of aromatic carboxylic acids is 1. The van der Waals surface area contributed by atoms with Crippen LogP contribution in [-0.4, -0.2) is 51.3 Å². The van der Waals surface area contributed by atoms with E-state index in [1.165, 1.54) is 18.3 Å². The number of carboxylic acids is 1. The van der Waals surface area contributed by atoms with Crippen molar-refractivity contribution >= 4 is 51.2 Å². The molecule has 3 aromatic rings. The van der Waals surface area contributed by atoms with Crippen LogP contribution in [0.5, 0.6) is 5.88 Å². The van der Waals surface area contributed by atoms with E-state index < -0.39 is 29.6 Å². The van der Waals surface area contributed by atoms with E-state index in [-0.39, 0.29) is 36.1 Å². The fraction of sp³-hybridized carbons (Fsp3) is 0.276. The van der Waals surface area contributed by atoms with Gasteiger partial charge in [0.1, 0.15) is 11.6 Å². The molecule has 0 fully saturated rings. The summed E-state index contributed by atoms with van der Waals surface area (Å²) in [6.07, 6.45) is 6.12. The Kier molecular flexibility index (Phi) is 10.3. The molecule has 4 N–H and O–H groups in total. The fourth-order valence-electron chi connectivity index (χ4n) is 3.57. The van der Waals surface area contributed by atoms with Gasteiger partial charge in [-0.2, -0.15) is 4.98 Å². The van der Waals surface area contributed by atoms with E-state index in [1.54, 1.807) is 27.7 Å². The first-order valence-electron chi connectivity index (χ1n) is 12.4. The van der Waals surface area contributed by atoms with Crippen molar-refractivity contribution in [3.8, 4) is 18.2 Å². The van der Waals surface area contributed by atoms with Crippen molar-refractivity contribution in [3.05, 3.63) is 69.8 Å². The summed E-state index contributed by atoms with van der Waals surface area (Å²) in [5.74, 6) is 0.866. The molecule has 0 bridgehead atoms. The Bertz CT molecular complexity index is 1470. The highest BCUT2D eigenvalue weighted by atomic mass is 79.9. The van der Waals surface area contributed by atoms with Crippen molar-refractivity contribution in [2.24, 2.45) is 0 Å². The summed E-state index contributed by atoms with van der Waals surface area (Å²) >= 11 is 3.29. The Morgan fingerprint density at radius 2 is 1.83 bits per heavy atom. The molecule has 0 aliphatic heterocycles. The maximum Gasteiger partial charge on any atom is 0.408 e. The zero-order chi connectivity index (χ0) is 30.2. The Hall–Kier alpha value is -4.63. The molecular weight excluding hydrogens is 594 g/mol. The lowest BCUT2D eigenvalue weighted by Gasteiger charge is -2.24. The van der Waals surface area contributed by atoms with Crippen LogP contribution in [0.1, 0.15) is 42.3 Å². The lowest BCUT2D eigenvalue weighted by molar-refractivity contribution is -0.118. The van der Waals surface area contributed by atoms with Gasteiger partial charge in [0, 0.05) is 17.8 Å². The van der Waals surface area contributed by atoms with Crippen molar-refractivity contribution in [2.45, 2.75) is 45.8 Å². The molecule has 2 aromatic carbocycles. The number of nitrogens with one attached hydrogen (secondary N) is 3. The lowest BCUT2D eigenvalue weighted by Crippen LogP contribution is -2.47. The summed E-state index contributed by atoms with van der Waals surface area (Å²) in [6.45, 7) is 6.82. The second-order valence-corrected chi connectivity index (χ2v) is 10.7. The molecule has 1 heterocycles. The first-order valence-corrected chi connectivity index (χ1v) is 13.2. The number of benzene rings is 2. The van der Waals surface area contributed by atoms with E-state index in [9.17, 15) is 19.5 Å². The van der Waals surface area contributed by atoms with Gasteiger partial charge >= 0.3 is 12.1 Å². The maximum atomic E-state index is 13.5. The molecule has 3 rings (SSSR count). The van der Waals surface area contributed by atoms with Crippen LogP contribution < -0.4 is 20.7 Å². The molecule has 0 radical (unpaired) electrons. The largest absolute Gasteiger partial charge is 0.478 e. The van der Waals surface area contributed by atoms with Crippen LogP contribution in [0.25, 0.3) is 0 Å². The normalized spacial score (nSPS) is 11.5. The van der Waals surface area contributed by atoms with E-state index in [4.69, 9.17) is 15.9 Å². The summed E-state index contributed by atoms with van der Waals surface area (Å²) in [7, 11) is 0. The Morgan fingerprint density at radius 3 is 2.46 bits per heavy atom. The molecule has 0 unspecified atom stereocenters. The number of halogens is 1. The number of hydrogen-bond donors (Lipinski definition) is 4. The molecule has 1 aromatic heterocycles. The van der Waals surface area contributed by atoms with Gasteiger partial charge in [0.05, 0.1) is 16.2 Å². The number of terminal acetylenes is 1. The van der Waals surface area contributed by atoms with Crippen molar-refractivity contribution in [1.82, 2.24) is 15.3 Å². The molecule has 0 aliphatic rings. The van der Waals surface area contributed by atoms with Gasteiger partial charge in [-0.05, 0) is 66.9 Å². The monoisotopic (exact) mass is 623 g/mol. The number of hydrogen-bond acceptors (Lipinski definition) is 8. The molecule has 0 spiro atoms. The third-order valence-electron chi connectivity index (χ3n) is 5.45. The maximum absolute atomic E-state index is 13.5. The van der Waals surface area contributed by atoms with E-state index in [0.717, 1.165) is 5.56 Å². The molecule has 2 amide bonds. The number of amides is 2. The molecule has 0 saturated heterocycles. The predicted molar refractivity (Wildman–Crippen MR) is 157 cm³/mol. The number of carboxylic acid groups (broad SMARTS) is 1. The van der Waals surface area contributed by atoms with E-state index in [2.05, 4.69) is 47.8 Å². The molecule has 11 nitrogen and oxygen atoms in total. The average Bonchev–Trinajstić information content (AvgIpc) is 2.90. The quantitative estimate of drug-likeness (QED) is 0.227. The zero-order valence-electron chi connectivity index (χ0n) is 22.9. The van der Waals surface area contributed by atoms with Gasteiger partial charge in [-0.1, -0.05) is 36.3 Å². The Labute approximate surface area is 246 Å². The second kappa shape index (κ2) is 13.6. The summed E-state index contributed by atoms with van der Waals surface area (Å²) in [4.78, 5) is 46.4. The highest BCUT2D eigenvalue weighted by Crippen LogP contribution is 2.30. The standard InChI is InChI=1S/C29H30BrN5O6/c1-6-12-40-25-20(30)16-31-27(35-25)33-22-15-19(26(37)38)14-21(17(22)2)32-24(36)23(13-18-10-8-7-9-11-18)34-28(39)41-29(3,4)5/h1,7-11,14-16,23H,12-13H2,2-5H3,(H,32,36)(H,34,39)(H,37,38)(H,31,33,35)/t23-/m1/s1. The summed E-state index contributed by atoms with van der Waals surface area (Å²) in [5, 5.41) is 18.1. The zero-order valence-corrected chi connectivity index (χ0v) is 24.5. The van der Waals surface area contributed by atoms with Gasteiger partial charge in [0.2, 0.25) is 17.7 Å². The van der Waals surface area contributed by atoms with Crippen LogP contribution in [0.15, 0.2) is 53.1 Å². The summed E-state index contributed by atoms with van der Waals surface area (Å²) in [6, 6.07) is 10.8. The number of rotatable bonds is 10. The van der Waals surface area contributed by atoms with Gasteiger partial charge in [-0.3, -0.25) is 4.79 Å². The molecular formula is C29H30BrN5O6. The number of carbonyl (C=O) groups excluding carboxylic acids is 2. The minimum atomic E-state index is -1.22. The molecule has 0 aliphatic carbocycles. The van der Waals surface area contributed by atoms with Crippen molar-refractivity contribution in [2.75, 3.05) is 17.2 Å². The SMILES string of the molecule is C#CCOc1nc(Nc2cc(C(=O)O)cc(NC(=O)[C@@H](Cc3ccccc3)NC(=O)OC(C)(C)C)c2C)ncc1Br. The third kappa shape index (κ3) is 9.22. The number of carbonyl (C=O) groups is 3. The van der Waals surface area contributed by atoms with Crippen molar-refractivity contribution in [1.29, 1.82) is 0 Å². The van der Waals surface area contributed by atoms with Crippen LogP contribution in [0, 0.1) is 19.3 Å². The van der Waals surface area contributed by atoms with Gasteiger partial charge < -0.3 is 30.5 Å². The van der Waals surface area contributed by atoms with Crippen molar-refractivity contribution < 1.29 is 29.0 Å². The van der Waals surface area contributed by atoms with Crippen LogP contribution in [0.3, 0.4) is 0 Å². The smallest absolute Gasteiger partial charge is 0.408 e. The topological polar surface area (TPSA) is 152 Å². The second-order valence-electron chi connectivity index (χ2n) is 9.84. The van der Waals surface area contributed by atoms with Gasteiger partial charge in [0.25, 0.3) is 0 Å². The molecule has 0 saturated carbocycles. The lowest BCUT2D eigenvalue weighted by atomic mass is 10.0. The molecule has 1 atom stereocenters. The first-order chi connectivity index (χ1) is 19.4. The number of nitrogens with zero attached hydrogens (tertiary/aromatic N) is 2. The molecule has 214 valence electrons. The van der Waals surface area contributed by atoms with Crippen LogP contribution in [0.4, 0.5) is 22.1 Å². The van der Waals surface area contributed by atoms with E-state index >= 15 is 0 Å². The Balaban J connectivity index is 1.92. The fourth-order valence-corrected chi connectivity index (χ4v) is 3.88. The van der Waals surface area contributed by atoms with Crippen LogP contribution in [0.2, 0.25) is 0 Å². The number of aromatic nitrogens is 2. The third-order valence-corrected chi connectivity index (χ3v) is 6.00. The minimum absolute atomic E-state index is 0.0137. The van der Waals surface area contributed by atoms with Crippen LogP contribution >= 0.6 is 15.9 Å². The highest BCUT2D eigenvalue weighted by Gasteiger charge is 2.26. The van der Waals surface area contributed by atoms with Crippen molar-refractivity contribution in [3.63, 3.8) is 0 Å².